The molecule has 12 heavy (non-hydrogen) atoms. The van der Waals surface area contributed by atoms with Crippen molar-refractivity contribution < 1.29 is 0 Å². The van der Waals surface area contributed by atoms with Crippen LogP contribution in [0.25, 0.3) is 0 Å². The van der Waals surface area contributed by atoms with E-state index in [2.05, 4.69) is 37.9 Å². The summed E-state index contributed by atoms with van der Waals surface area (Å²) in [7, 11) is 2.01. The lowest BCUT2D eigenvalue weighted by molar-refractivity contribution is 0.162. The highest BCUT2D eigenvalue weighted by Gasteiger charge is 2.13. The zero-order valence-corrected chi connectivity index (χ0v) is 9.22. The first-order valence-electron chi connectivity index (χ1n) is 5.03. The van der Waals surface area contributed by atoms with Crippen LogP contribution in [-0.2, 0) is 0 Å². The average Bonchev–Trinajstić information content (AvgIpc) is 2.04. The minimum atomic E-state index is 0.660. The Morgan fingerprint density at radius 1 is 1.25 bits per heavy atom. The van der Waals surface area contributed by atoms with Gasteiger partial charge in [-0.15, -0.1) is 0 Å². The summed E-state index contributed by atoms with van der Waals surface area (Å²) < 4.78 is 0. The molecule has 0 heterocycles. The van der Waals surface area contributed by atoms with Crippen LogP contribution in [0.15, 0.2) is 0 Å². The summed E-state index contributed by atoms with van der Waals surface area (Å²) in [4.78, 5) is 2.54. The Hall–Kier alpha value is -0.0800. The topological polar surface area (TPSA) is 15.3 Å². The summed E-state index contributed by atoms with van der Waals surface area (Å²) >= 11 is 0. The summed E-state index contributed by atoms with van der Waals surface area (Å²) in [5.74, 6) is 0. The number of nitrogens with one attached hydrogen (secondary N) is 1. The molecule has 0 rings (SSSR count). The standard InChI is InChI=1S/C10H24N2/c1-6-10(4)12(9(2)3)8-7-11-5/h9-11H,6-8H2,1-5H3. The van der Waals surface area contributed by atoms with Gasteiger partial charge in [0, 0.05) is 25.2 Å². The Labute approximate surface area is 77.3 Å². The van der Waals surface area contributed by atoms with Gasteiger partial charge < -0.3 is 5.32 Å². The monoisotopic (exact) mass is 172 g/mol. The lowest BCUT2D eigenvalue weighted by Gasteiger charge is -2.32. The van der Waals surface area contributed by atoms with Gasteiger partial charge in [-0.05, 0) is 34.2 Å². The number of rotatable bonds is 6. The Morgan fingerprint density at radius 3 is 2.17 bits per heavy atom. The van der Waals surface area contributed by atoms with Gasteiger partial charge >= 0.3 is 0 Å². The Kier molecular flexibility index (Phi) is 6.39. The van der Waals surface area contributed by atoms with Crippen LogP contribution in [0, 0.1) is 0 Å². The van der Waals surface area contributed by atoms with Crippen LogP contribution in [0.5, 0.6) is 0 Å². The van der Waals surface area contributed by atoms with Crippen molar-refractivity contribution in [1.82, 2.24) is 10.2 Å². The van der Waals surface area contributed by atoms with Crippen molar-refractivity contribution in [3.8, 4) is 0 Å². The predicted octanol–water partition coefficient (Wildman–Crippen LogP) is 1.71. The first-order chi connectivity index (χ1) is 5.63. The molecule has 0 bridgehead atoms. The van der Waals surface area contributed by atoms with E-state index >= 15 is 0 Å². The van der Waals surface area contributed by atoms with Crippen molar-refractivity contribution in [3.05, 3.63) is 0 Å². The summed E-state index contributed by atoms with van der Waals surface area (Å²) in [6.45, 7) is 11.3. The molecule has 0 aromatic rings. The zero-order valence-electron chi connectivity index (χ0n) is 9.22. The lowest BCUT2D eigenvalue weighted by atomic mass is 10.2. The summed E-state index contributed by atoms with van der Waals surface area (Å²) in [6, 6.07) is 1.37. The van der Waals surface area contributed by atoms with Crippen molar-refractivity contribution in [1.29, 1.82) is 0 Å². The molecule has 0 aromatic carbocycles. The van der Waals surface area contributed by atoms with Crippen LogP contribution in [-0.4, -0.2) is 37.1 Å². The van der Waals surface area contributed by atoms with E-state index in [1.165, 1.54) is 6.42 Å². The fraction of sp³-hybridized carbons (Fsp3) is 1.00. The molecule has 2 nitrogen and oxygen atoms in total. The molecule has 0 amide bonds. The second-order valence-corrected chi connectivity index (χ2v) is 3.69. The van der Waals surface area contributed by atoms with E-state index in [0.717, 1.165) is 13.1 Å². The number of likely N-dealkylation sites (N-methyl/N-ethyl adjacent to an activating group) is 1. The minimum absolute atomic E-state index is 0.660. The minimum Gasteiger partial charge on any atom is -0.318 e. The van der Waals surface area contributed by atoms with Crippen molar-refractivity contribution >= 4 is 0 Å². The van der Waals surface area contributed by atoms with E-state index in [9.17, 15) is 0 Å². The molecule has 0 saturated carbocycles. The molecule has 0 aromatic heterocycles. The maximum absolute atomic E-state index is 3.19. The lowest BCUT2D eigenvalue weighted by Crippen LogP contribution is -2.42. The van der Waals surface area contributed by atoms with Gasteiger partial charge in [0.05, 0.1) is 0 Å². The van der Waals surface area contributed by atoms with Gasteiger partial charge in [0.2, 0.25) is 0 Å². The van der Waals surface area contributed by atoms with Gasteiger partial charge in [-0.3, -0.25) is 4.90 Å². The van der Waals surface area contributed by atoms with Crippen LogP contribution in [0.3, 0.4) is 0 Å². The average molecular weight is 172 g/mol. The van der Waals surface area contributed by atoms with Crippen LogP contribution < -0.4 is 5.32 Å². The first-order valence-corrected chi connectivity index (χ1v) is 5.03. The van der Waals surface area contributed by atoms with E-state index in [1.54, 1.807) is 0 Å². The molecule has 0 fully saturated rings. The molecule has 0 spiro atoms. The fourth-order valence-electron chi connectivity index (χ4n) is 1.46. The number of nitrogens with zero attached hydrogens (tertiary/aromatic N) is 1. The Bertz CT molecular complexity index is 102. The Balaban J connectivity index is 3.85. The number of hydrogen-bond acceptors (Lipinski definition) is 2. The highest BCUT2D eigenvalue weighted by atomic mass is 15.2. The van der Waals surface area contributed by atoms with Crippen LogP contribution >= 0.6 is 0 Å². The van der Waals surface area contributed by atoms with E-state index < -0.39 is 0 Å². The zero-order chi connectivity index (χ0) is 9.56. The van der Waals surface area contributed by atoms with Crippen molar-refractivity contribution in [3.63, 3.8) is 0 Å². The van der Waals surface area contributed by atoms with E-state index in [0.29, 0.717) is 12.1 Å². The van der Waals surface area contributed by atoms with Crippen LogP contribution in [0.1, 0.15) is 34.1 Å². The predicted molar refractivity (Wildman–Crippen MR) is 55.5 cm³/mol. The third-order valence-electron chi connectivity index (χ3n) is 2.44. The smallest absolute Gasteiger partial charge is 0.0112 e. The van der Waals surface area contributed by atoms with Crippen LogP contribution in [0.4, 0.5) is 0 Å². The number of hydrogen-bond donors (Lipinski definition) is 1. The van der Waals surface area contributed by atoms with E-state index in [1.807, 2.05) is 7.05 Å². The van der Waals surface area contributed by atoms with Gasteiger partial charge in [-0.25, -0.2) is 0 Å². The normalized spacial score (nSPS) is 14.2. The van der Waals surface area contributed by atoms with Gasteiger partial charge in [0.15, 0.2) is 0 Å². The molecule has 0 aliphatic heterocycles. The van der Waals surface area contributed by atoms with E-state index in [4.69, 9.17) is 0 Å². The highest BCUT2D eigenvalue weighted by Crippen LogP contribution is 2.07. The summed E-state index contributed by atoms with van der Waals surface area (Å²) in [6.07, 6.45) is 1.24. The maximum atomic E-state index is 3.19. The molecular weight excluding hydrogens is 148 g/mol. The molecule has 0 radical (unpaired) electrons. The molecule has 1 N–H and O–H groups in total. The van der Waals surface area contributed by atoms with Gasteiger partial charge in [0.1, 0.15) is 0 Å². The summed E-state index contributed by atoms with van der Waals surface area (Å²) in [5, 5.41) is 3.19. The summed E-state index contributed by atoms with van der Waals surface area (Å²) in [5.41, 5.74) is 0. The molecule has 0 aliphatic carbocycles. The molecule has 74 valence electrons. The largest absolute Gasteiger partial charge is 0.318 e. The molecule has 1 unspecified atom stereocenters. The molecule has 0 saturated heterocycles. The van der Waals surface area contributed by atoms with Gasteiger partial charge in [-0.1, -0.05) is 6.92 Å². The molecular formula is C10H24N2. The third-order valence-corrected chi connectivity index (χ3v) is 2.44. The van der Waals surface area contributed by atoms with Crippen molar-refractivity contribution in [2.24, 2.45) is 0 Å². The van der Waals surface area contributed by atoms with Gasteiger partial charge in [0.25, 0.3) is 0 Å². The van der Waals surface area contributed by atoms with Crippen molar-refractivity contribution in [2.75, 3.05) is 20.1 Å². The highest BCUT2D eigenvalue weighted by molar-refractivity contribution is 4.70. The fourth-order valence-corrected chi connectivity index (χ4v) is 1.46. The SMILES string of the molecule is CCC(C)N(CCNC)C(C)C. The molecule has 0 aliphatic rings. The molecule has 1 atom stereocenters. The second kappa shape index (κ2) is 6.44. The first kappa shape index (κ1) is 11.9. The van der Waals surface area contributed by atoms with Crippen LogP contribution in [0.2, 0.25) is 0 Å². The van der Waals surface area contributed by atoms with Gasteiger partial charge in [-0.2, -0.15) is 0 Å². The Morgan fingerprint density at radius 2 is 1.83 bits per heavy atom. The third kappa shape index (κ3) is 4.07. The van der Waals surface area contributed by atoms with E-state index in [-0.39, 0.29) is 0 Å². The quantitative estimate of drug-likeness (QED) is 0.656. The second-order valence-electron chi connectivity index (χ2n) is 3.69. The molecule has 2 heteroatoms. The van der Waals surface area contributed by atoms with Crippen molar-refractivity contribution in [2.45, 2.75) is 46.2 Å². The maximum Gasteiger partial charge on any atom is 0.0112 e.